The van der Waals surface area contributed by atoms with Crippen molar-refractivity contribution in [3.63, 3.8) is 0 Å². The Labute approximate surface area is 76.2 Å². The minimum absolute atomic E-state index is 0.219. The lowest BCUT2D eigenvalue weighted by atomic mass is 10.1. The fourth-order valence-electron chi connectivity index (χ4n) is 1.64. The van der Waals surface area contributed by atoms with E-state index in [9.17, 15) is 13.6 Å². The Morgan fingerprint density at radius 1 is 1.77 bits per heavy atom. The van der Waals surface area contributed by atoms with Crippen LogP contribution in [0.2, 0.25) is 0 Å². The standard InChI is InChI=1S/C9H13F2NO/c1-3-7-5-9(10,11)6-12(7)8(13)4-2/h4,7H,2-3,5-6H2,1H3. The topological polar surface area (TPSA) is 20.3 Å². The van der Waals surface area contributed by atoms with Crippen LogP contribution in [-0.4, -0.2) is 29.3 Å². The van der Waals surface area contributed by atoms with Gasteiger partial charge >= 0.3 is 0 Å². The lowest BCUT2D eigenvalue weighted by molar-refractivity contribution is -0.128. The molecule has 2 nitrogen and oxygen atoms in total. The molecule has 13 heavy (non-hydrogen) atoms. The molecule has 1 rings (SSSR count). The molecule has 0 saturated carbocycles. The predicted molar refractivity (Wildman–Crippen MR) is 45.6 cm³/mol. The molecule has 4 heteroatoms. The zero-order valence-corrected chi connectivity index (χ0v) is 7.59. The molecule has 0 spiro atoms. The lowest BCUT2D eigenvalue weighted by Crippen LogP contribution is -2.34. The first-order valence-electron chi connectivity index (χ1n) is 4.31. The number of carbonyl (C=O) groups is 1. The molecule has 0 radical (unpaired) electrons. The molecule has 1 heterocycles. The van der Waals surface area contributed by atoms with E-state index in [1.54, 1.807) is 6.92 Å². The van der Waals surface area contributed by atoms with Crippen LogP contribution in [0.3, 0.4) is 0 Å². The van der Waals surface area contributed by atoms with E-state index < -0.39 is 18.4 Å². The Hall–Kier alpha value is -0.930. The maximum atomic E-state index is 12.9. The molecule has 1 saturated heterocycles. The van der Waals surface area contributed by atoms with E-state index in [0.29, 0.717) is 6.42 Å². The molecule has 0 aromatic rings. The van der Waals surface area contributed by atoms with Gasteiger partial charge in [0.1, 0.15) is 0 Å². The Morgan fingerprint density at radius 2 is 2.38 bits per heavy atom. The first kappa shape index (κ1) is 10.2. The van der Waals surface area contributed by atoms with Gasteiger partial charge in [0.2, 0.25) is 5.91 Å². The van der Waals surface area contributed by atoms with Gasteiger partial charge in [0.15, 0.2) is 0 Å². The summed E-state index contributed by atoms with van der Waals surface area (Å²) in [6, 6.07) is -0.333. The van der Waals surface area contributed by atoms with Crippen LogP contribution in [0.25, 0.3) is 0 Å². The Bertz CT molecular complexity index is 228. The summed E-state index contributed by atoms with van der Waals surface area (Å²) < 4.78 is 25.8. The summed E-state index contributed by atoms with van der Waals surface area (Å²) in [6.45, 7) is 4.62. The maximum Gasteiger partial charge on any atom is 0.267 e. The van der Waals surface area contributed by atoms with Crippen LogP contribution in [0, 0.1) is 0 Å². The van der Waals surface area contributed by atoms with E-state index in [4.69, 9.17) is 0 Å². The molecule has 0 aromatic carbocycles. The van der Waals surface area contributed by atoms with E-state index in [1.165, 1.54) is 4.90 Å². The molecule has 1 atom stereocenters. The highest BCUT2D eigenvalue weighted by Crippen LogP contribution is 2.33. The number of hydrogen-bond donors (Lipinski definition) is 0. The number of alkyl halides is 2. The van der Waals surface area contributed by atoms with Crippen molar-refractivity contribution >= 4 is 5.91 Å². The third-order valence-corrected chi connectivity index (χ3v) is 2.31. The summed E-state index contributed by atoms with van der Waals surface area (Å²) >= 11 is 0. The van der Waals surface area contributed by atoms with Crippen molar-refractivity contribution in [1.29, 1.82) is 0 Å². The molecular formula is C9H13F2NO. The summed E-state index contributed by atoms with van der Waals surface area (Å²) in [7, 11) is 0. The average Bonchev–Trinajstić information content (AvgIpc) is 2.39. The highest BCUT2D eigenvalue weighted by molar-refractivity contribution is 5.87. The van der Waals surface area contributed by atoms with Crippen molar-refractivity contribution in [3.8, 4) is 0 Å². The number of amides is 1. The summed E-state index contributed by atoms with van der Waals surface area (Å²) in [6.07, 6.45) is 1.43. The number of likely N-dealkylation sites (tertiary alicyclic amines) is 1. The second kappa shape index (κ2) is 3.44. The summed E-state index contributed by atoms with van der Waals surface area (Å²) in [4.78, 5) is 12.3. The molecule has 1 fully saturated rings. The van der Waals surface area contributed by atoms with Crippen LogP contribution in [-0.2, 0) is 4.79 Å². The molecule has 1 amide bonds. The third kappa shape index (κ3) is 2.05. The van der Waals surface area contributed by atoms with Gasteiger partial charge in [0, 0.05) is 12.5 Å². The first-order chi connectivity index (χ1) is 6.00. The van der Waals surface area contributed by atoms with E-state index in [2.05, 4.69) is 6.58 Å². The van der Waals surface area contributed by atoms with Crippen LogP contribution in [0.1, 0.15) is 19.8 Å². The molecule has 0 aromatic heterocycles. The number of hydrogen-bond acceptors (Lipinski definition) is 1. The number of rotatable bonds is 2. The molecule has 1 unspecified atom stereocenters. The SMILES string of the molecule is C=CC(=O)N1CC(F)(F)CC1CC. The van der Waals surface area contributed by atoms with Gasteiger partial charge in [-0.25, -0.2) is 8.78 Å². The fourth-order valence-corrected chi connectivity index (χ4v) is 1.64. The second-order valence-corrected chi connectivity index (χ2v) is 3.29. The summed E-state index contributed by atoms with van der Waals surface area (Å²) in [5.74, 6) is -3.12. The van der Waals surface area contributed by atoms with Crippen molar-refractivity contribution in [3.05, 3.63) is 12.7 Å². The first-order valence-corrected chi connectivity index (χ1v) is 4.31. The van der Waals surface area contributed by atoms with Crippen LogP contribution >= 0.6 is 0 Å². The van der Waals surface area contributed by atoms with Gasteiger partial charge in [-0.3, -0.25) is 4.79 Å². The minimum Gasteiger partial charge on any atom is -0.330 e. The lowest BCUT2D eigenvalue weighted by Gasteiger charge is -2.20. The normalized spacial score (nSPS) is 26.1. The molecule has 1 aliphatic heterocycles. The van der Waals surface area contributed by atoms with Crippen LogP contribution in [0.5, 0.6) is 0 Å². The second-order valence-electron chi connectivity index (χ2n) is 3.29. The van der Waals surface area contributed by atoms with Gasteiger partial charge in [-0.05, 0) is 12.5 Å². The summed E-state index contributed by atoms with van der Waals surface area (Å²) in [5.41, 5.74) is 0. The van der Waals surface area contributed by atoms with E-state index in [-0.39, 0.29) is 12.5 Å². The van der Waals surface area contributed by atoms with Crippen LogP contribution in [0.15, 0.2) is 12.7 Å². The van der Waals surface area contributed by atoms with Crippen molar-refractivity contribution in [1.82, 2.24) is 4.90 Å². The van der Waals surface area contributed by atoms with Gasteiger partial charge in [0.25, 0.3) is 5.92 Å². The van der Waals surface area contributed by atoms with Gasteiger partial charge in [-0.2, -0.15) is 0 Å². The summed E-state index contributed by atoms with van der Waals surface area (Å²) in [5, 5.41) is 0. The van der Waals surface area contributed by atoms with E-state index >= 15 is 0 Å². The van der Waals surface area contributed by atoms with Crippen molar-refractivity contribution in [2.45, 2.75) is 31.7 Å². The smallest absolute Gasteiger partial charge is 0.267 e. The zero-order valence-electron chi connectivity index (χ0n) is 7.59. The number of nitrogens with zero attached hydrogens (tertiary/aromatic N) is 1. The molecule has 0 bridgehead atoms. The van der Waals surface area contributed by atoms with Crippen LogP contribution in [0.4, 0.5) is 8.78 Å². The largest absolute Gasteiger partial charge is 0.330 e. The van der Waals surface area contributed by atoms with Crippen molar-refractivity contribution < 1.29 is 13.6 Å². The molecule has 74 valence electrons. The molecule has 1 aliphatic rings. The molecule has 0 aliphatic carbocycles. The highest BCUT2D eigenvalue weighted by atomic mass is 19.3. The van der Waals surface area contributed by atoms with Crippen molar-refractivity contribution in [2.75, 3.05) is 6.54 Å². The molecular weight excluding hydrogens is 176 g/mol. The Balaban J connectivity index is 2.74. The Morgan fingerprint density at radius 3 is 2.85 bits per heavy atom. The quantitative estimate of drug-likeness (QED) is 0.607. The maximum absolute atomic E-state index is 12.9. The van der Waals surface area contributed by atoms with Gasteiger partial charge in [0.05, 0.1) is 6.54 Å². The van der Waals surface area contributed by atoms with E-state index in [1.807, 2.05) is 0 Å². The van der Waals surface area contributed by atoms with Gasteiger partial charge in [-0.1, -0.05) is 13.5 Å². The van der Waals surface area contributed by atoms with Gasteiger partial charge in [-0.15, -0.1) is 0 Å². The third-order valence-electron chi connectivity index (χ3n) is 2.31. The van der Waals surface area contributed by atoms with Crippen LogP contribution < -0.4 is 0 Å². The Kier molecular flexibility index (Phi) is 2.68. The van der Waals surface area contributed by atoms with E-state index in [0.717, 1.165) is 6.08 Å². The van der Waals surface area contributed by atoms with Gasteiger partial charge < -0.3 is 4.90 Å². The monoisotopic (exact) mass is 189 g/mol. The molecule has 0 N–H and O–H groups in total. The van der Waals surface area contributed by atoms with Crippen molar-refractivity contribution in [2.24, 2.45) is 0 Å². The number of halogens is 2. The highest BCUT2D eigenvalue weighted by Gasteiger charge is 2.45. The minimum atomic E-state index is -2.72. The zero-order chi connectivity index (χ0) is 10.1. The predicted octanol–water partition coefficient (Wildman–Crippen LogP) is 1.82. The average molecular weight is 189 g/mol. The fraction of sp³-hybridized carbons (Fsp3) is 0.667. The number of carbonyl (C=O) groups excluding carboxylic acids is 1.